The molecule has 0 bridgehead atoms. The van der Waals surface area contributed by atoms with Gasteiger partial charge in [0.1, 0.15) is 5.82 Å². The summed E-state index contributed by atoms with van der Waals surface area (Å²) >= 11 is 0. The Balaban J connectivity index is 1.86. The summed E-state index contributed by atoms with van der Waals surface area (Å²) in [5.41, 5.74) is 2.37. The van der Waals surface area contributed by atoms with Crippen molar-refractivity contribution >= 4 is 16.6 Å². The molecule has 0 aliphatic heterocycles. The Hall–Kier alpha value is -2.36. The largest absolute Gasteiger partial charge is 0.365 e. The summed E-state index contributed by atoms with van der Waals surface area (Å²) in [6, 6.07) is 10.3. The van der Waals surface area contributed by atoms with Gasteiger partial charge in [0.15, 0.2) is 0 Å². The number of anilines is 1. The van der Waals surface area contributed by atoms with Crippen molar-refractivity contribution in [1.82, 2.24) is 14.8 Å². The number of hydrogen-bond donors (Lipinski definition) is 1. The van der Waals surface area contributed by atoms with Crippen LogP contribution in [0.4, 0.5) is 5.82 Å². The monoisotopic (exact) mass is 266 g/mol. The molecule has 0 fully saturated rings. The number of fused-ring (bicyclic) bond motifs is 1. The summed E-state index contributed by atoms with van der Waals surface area (Å²) in [4.78, 5) is 4.45. The highest BCUT2D eigenvalue weighted by Gasteiger charge is 2.07. The molecule has 1 aromatic carbocycles. The lowest BCUT2D eigenvalue weighted by Crippen LogP contribution is -2.03. The van der Waals surface area contributed by atoms with E-state index in [-0.39, 0.29) is 0 Å². The fourth-order valence-electron chi connectivity index (χ4n) is 2.47. The molecule has 0 radical (unpaired) electrons. The van der Waals surface area contributed by atoms with Gasteiger partial charge in [0.05, 0.1) is 5.69 Å². The van der Waals surface area contributed by atoms with Crippen molar-refractivity contribution < 1.29 is 0 Å². The van der Waals surface area contributed by atoms with Gasteiger partial charge in [0.2, 0.25) is 0 Å². The second kappa shape index (κ2) is 5.33. The Kier molecular flexibility index (Phi) is 3.37. The van der Waals surface area contributed by atoms with E-state index in [0.717, 1.165) is 29.9 Å². The van der Waals surface area contributed by atoms with Crippen molar-refractivity contribution in [2.75, 3.05) is 5.32 Å². The zero-order valence-corrected chi connectivity index (χ0v) is 11.8. The van der Waals surface area contributed by atoms with Crippen molar-refractivity contribution in [1.29, 1.82) is 0 Å². The molecule has 0 atom stereocenters. The fourth-order valence-corrected chi connectivity index (χ4v) is 2.47. The molecule has 0 amide bonds. The van der Waals surface area contributed by atoms with Crippen molar-refractivity contribution in [3.8, 4) is 0 Å². The first kappa shape index (κ1) is 12.7. The third-order valence-electron chi connectivity index (χ3n) is 3.45. The standard InChI is InChI=1S/C16H18N4/c1-3-15-13(11-20(2)19-15)10-18-16-14-7-5-4-6-12(14)8-9-17-16/h4-9,11H,3,10H2,1-2H3,(H,17,18). The molecule has 3 rings (SSSR count). The molecule has 20 heavy (non-hydrogen) atoms. The molecular weight excluding hydrogens is 248 g/mol. The number of nitrogens with one attached hydrogen (secondary N) is 1. The van der Waals surface area contributed by atoms with Crippen LogP contribution in [0.25, 0.3) is 10.8 Å². The summed E-state index contributed by atoms with van der Waals surface area (Å²) in [7, 11) is 1.96. The summed E-state index contributed by atoms with van der Waals surface area (Å²) in [5.74, 6) is 0.925. The minimum Gasteiger partial charge on any atom is -0.365 e. The number of pyridine rings is 1. The van der Waals surface area contributed by atoms with Gasteiger partial charge in [-0.05, 0) is 17.9 Å². The Bertz CT molecular complexity index is 725. The Labute approximate surface area is 118 Å². The van der Waals surface area contributed by atoms with Crippen LogP contribution in [0.5, 0.6) is 0 Å². The van der Waals surface area contributed by atoms with Gasteiger partial charge in [-0.1, -0.05) is 31.2 Å². The molecule has 4 heteroatoms. The second-order valence-corrected chi connectivity index (χ2v) is 4.86. The summed E-state index contributed by atoms with van der Waals surface area (Å²) in [6.07, 6.45) is 4.85. The molecule has 1 N–H and O–H groups in total. The van der Waals surface area contributed by atoms with Crippen LogP contribution in [0, 0.1) is 0 Å². The van der Waals surface area contributed by atoms with Gasteiger partial charge in [-0.2, -0.15) is 5.10 Å². The van der Waals surface area contributed by atoms with Gasteiger partial charge >= 0.3 is 0 Å². The summed E-state index contributed by atoms with van der Waals surface area (Å²) in [6.45, 7) is 2.88. The average Bonchev–Trinajstić information content (AvgIpc) is 2.85. The van der Waals surface area contributed by atoms with E-state index >= 15 is 0 Å². The van der Waals surface area contributed by atoms with E-state index in [4.69, 9.17) is 0 Å². The lowest BCUT2D eigenvalue weighted by Gasteiger charge is -2.08. The van der Waals surface area contributed by atoms with Crippen molar-refractivity contribution in [2.45, 2.75) is 19.9 Å². The Morgan fingerprint density at radius 1 is 1.20 bits per heavy atom. The molecule has 3 aromatic rings. The molecule has 0 spiro atoms. The van der Waals surface area contributed by atoms with Gasteiger partial charge in [-0.25, -0.2) is 4.98 Å². The van der Waals surface area contributed by atoms with Crippen LogP contribution in [0.3, 0.4) is 0 Å². The van der Waals surface area contributed by atoms with Crippen molar-refractivity contribution in [3.63, 3.8) is 0 Å². The first-order valence-electron chi connectivity index (χ1n) is 6.87. The predicted molar refractivity (Wildman–Crippen MR) is 81.7 cm³/mol. The highest BCUT2D eigenvalue weighted by atomic mass is 15.3. The quantitative estimate of drug-likeness (QED) is 0.789. The van der Waals surface area contributed by atoms with Gasteiger partial charge < -0.3 is 5.32 Å². The molecule has 2 aromatic heterocycles. The molecule has 2 heterocycles. The van der Waals surface area contributed by atoms with Gasteiger partial charge in [-0.15, -0.1) is 0 Å². The first-order chi connectivity index (χ1) is 9.78. The molecule has 102 valence electrons. The van der Waals surface area contributed by atoms with Crippen LogP contribution in [-0.2, 0) is 20.0 Å². The average molecular weight is 266 g/mol. The highest BCUT2D eigenvalue weighted by molar-refractivity contribution is 5.91. The highest BCUT2D eigenvalue weighted by Crippen LogP contribution is 2.21. The summed E-state index contributed by atoms with van der Waals surface area (Å²) in [5, 5.41) is 10.2. The van der Waals surface area contributed by atoms with Crippen molar-refractivity contribution in [3.05, 3.63) is 54.0 Å². The van der Waals surface area contributed by atoms with Crippen LogP contribution in [0.1, 0.15) is 18.2 Å². The van der Waals surface area contributed by atoms with E-state index in [9.17, 15) is 0 Å². The zero-order chi connectivity index (χ0) is 13.9. The summed E-state index contributed by atoms with van der Waals surface area (Å²) < 4.78 is 1.87. The Morgan fingerprint density at radius 3 is 2.90 bits per heavy atom. The molecule has 0 aliphatic rings. The number of rotatable bonds is 4. The number of hydrogen-bond acceptors (Lipinski definition) is 3. The van der Waals surface area contributed by atoms with Gasteiger partial charge in [0, 0.05) is 36.9 Å². The SMILES string of the molecule is CCc1nn(C)cc1CNc1nccc2ccccc12. The van der Waals surface area contributed by atoms with E-state index in [1.54, 1.807) is 0 Å². The maximum Gasteiger partial charge on any atom is 0.134 e. The van der Waals surface area contributed by atoms with Crippen LogP contribution in [-0.4, -0.2) is 14.8 Å². The van der Waals surface area contributed by atoms with Crippen LogP contribution < -0.4 is 5.32 Å². The second-order valence-electron chi connectivity index (χ2n) is 4.86. The van der Waals surface area contributed by atoms with Crippen molar-refractivity contribution in [2.24, 2.45) is 7.05 Å². The normalized spacial score (nSPS) is 10.9. The third-order valence-corrected chi connectivity index (χ3v) is 3.45. The maximum atomic E-state index is 4.46. The van der Waals surface area contributed by atoms with E-state index in [1.165, 1.54) is 10.9 Å². The van der Waals surface area contributed by atoms with Gasteiger partial charge in [0.25, 0.3) is 0 Å². The molecular formula is C16H18N4. The Morgan fingerprint density at radius 2 is 2.05 bits per heavy atom. The van der Waals surface area contributed by atoms with E-state index in [0.29, 0.717) is 0 Å². The fraction of sp³-hybridized carbons (Fsp3) is 0.250. The van der Waals surface area contributed by atoms with Crippen LogP contribution in [0.2, 0.25) is 0 Å². The molecule has 0 aliphatic carbocycles. The number of benzene rings is 1. The zero-order valence-electron chi connectivity index (χ0n) is 11.8. The topological polar surface area (TPSA) is 42.7 Å². The maximum absolute atomic E-state index is 4.46. The van der Waals surface area contributed by atoms with E-state index in [1.807, 2.05) is 36.1 Å². The predicted octanol–water partition coefficient (Wildman–Crippen LogP) is 3.14. The van der Waals surface area contributed by atoms with E-state index in [2.05, 4.69) is 40.7 Å². The third kappa shape index (κ3) is 2.37. The number of nitrogens with zero attached hydrogens (tertiary/aromatic N) is 3. The van der Waals surface area contributed by atoms with Crippen LogP contribution >= 0.6 is 0 Å². The molecule has 4 nitrogen and oxygen atoms in total. The lowest BCUT2D eigenvalue weighted by molar-refractivity contribution is 0.746. The van der Waals surface area contributed by atoms with E-state index < -0.39 is 0 Å². The van der Waals surface area contributed by atoms with Gasteiger partial charge in [-0.3, -0.25) is 4.68 Å². The minimum absolute atomic E-state index is 0.748. The minimum atomic E-state index is 0.748. The molecule has 0 saturated heterocycles. The molecule has 0 saturated carbocycles. The number of aryl methyl sites for hydroxylation is 2. The first-order valence-corrected chi connectivity index (χ1v) is 6.87. The lowest BCUT2D eigenvalue weighted by atomic mass is 10.1. The number of aromatic nitrogens is 3. The smallest absolute Gasteiger partial charge is 0.134 e. The van der Waals surface area contributed by atoms with Crippen LogP contribution in [0.15, 0.2) is 42.7 Å². The molecule has 0 unspecified atom stereocenters.